The van der Waals surface area contributed by atoms with Gasteiger partial charge in [-0.05, 0) is 49.1 Å². The molecule has 1 amide bonds. The maximum atomic E-state index is 13.5. The average Bonchev–Trinajstić information content (AvgIpc) is 2.63. The summed E-state index contributed by atoms with van der Waals surface area (Å²) in [6.07, 6.45) is 0.0914. The van der Waals surface area contributed by atoms with Crippen LogP contribution >= 0.6 is 11.8 Å². The van der Waals surface area contributed by atoms with Gasteiger partial charge in [-0.15, -0.1) is 0 Å². The Hall–Kier alpha value is -2.01. The van der Waals surface area contributed by atoms with Crippen LogP contribution in [0.25, 0.3) is 0 Å². The first kappa shape index (κ1) is 20.3. The second-order valence-corrected chi connectivity index (χ2v) is 7.32. The molecule has 0 saturated carbocycles. The average molecular weight is 376 g/mol. The van der Waals surface area contributed by atoms with Crippen molar-refractivity contribution in [1.29, 1.82) is 0 Å². The fraction of sp³-hybridized carbons (Fsp3) is 0.381. The number of ether oxygens (including phenoxy) is 1. The molecule has 0 aromatic heterocycles. The number of carbonyl (C=O) groups is 1. The van der Waals surface area contributed by atoms with Crippen LogP contribution in [-0.2, 0) is 10.5 Å². The highest BCUT2D eigenvalue weighted by Crippen LogP contribution is 2.21. The first-order valence-corrected chi connectivity index (χ1v) is 9.99. The Morgan fingerprint density at radius 2 is 2.00 bits per heavy atom. The third-order valence-electron chi connectivity index (χ3n) is 4.04. The summed E-state index contributed by atoms with van der Waals surface area (Å²) in [5.41, 5.74) is 2.81. The molecule has 1 atom stereocenters. The first-order valence-electron chi connectivity index (χ1n) is 8.84. The molecule has 0 radical (unpaired) electrons. The van der Waals surface area contributed by atoms with Crippen LogP contribution < -0.4 is 10.1 Å². The van der Waals surface area contributed by atoms with E-state index in [1.807, 2.05) is 45.0 Å². The summed E-state index contributed by atoms with van der Waals surface area (Å²) < 4.78 is 19.5. The van der Waals surface area contributed by atoms with Crippen molar-refractivity contribution in [2.45, 2.75) is 39.0 Å². The fourth-order valence-electron chi connectivity index (χ4n) is 2.47. The van der Waals surface area contributed by atoms with Gasteiger partial charge in [0.2, 0.25) is 0 Å². The highest BCUT2D eigenvalue weighted by molar-refractivity contribution is 7.98. The number of hydrogen-bond donors (Lipinski definition) is 1. The van der Waals surface area contributed by atoms with Crippen molar-refractivity contribution in [2.24, 2.45) is 0 Å². The minimum atomic E-state index is -0.507. The normalized spacial score (nSPS) is 11.8. The van der Waals surface area contributed by atoms with Gasteiger partial charge in [0.1, 0.15) is 11.6 Å². The van der Waals surface area contributed by atoms with Gasteiger partial charge in [-0.1, -0.05) is 37.3 Å². The van der Waals surface area contributed by atoms with Crippen molar-refractivity contribution in [3.05, 3.63) is 65.0 Å². The molecule has 0 fully saturated rings. The molecule has 0 bridgehead atoms. The van der Waals surface area contributed by atoms with Crippen LogP contribution in [0.5, 0.6) is 5.75 Å². The number of halogens is 1. The van der Waals surface area contributed by atoms with Crippen molar-refractivity contribution in [1.82, 2.24) is 5.32 Å². The van der Waals surface area contributed by atoms with Gasteiger partial charge in [0, 0.05) is 18.1 Å². The van der Waals surface area contributed by atoms with Gasteiger partial charge in [0.25, 0.3) is 5.91 Å². The number of amides is 1. The van der Waals surface area contributed by atoms with E-state index >= 15 is 0 Å². The van der Waals surface area contributed by atoms with E-state index in [1.54, 1.807) is 23.9 Å². The third kappa shape index (κ3) is 6.06. The maximum absolute atomic E-state index is 13.5. The Bertz CT molecular complexity index is 736. The summed E-state index contributed by atoms with van der Waals surface area (Å²) in [5, 5.41) is 2.91. The highest BCUT2D eigenvalue weighted by atomic mass is 32.2. The molecule has 2 aromatic rings. The zero-order valence-electron chi connectivity index (χ0n) is 15.5. The summed E-state index contributed by atoms with van der Waals surface area (Å²) in [7, 11) is 0. The van der Waals surface area contributed by atoms with Crippen molar-refractivity contribution in [3.63, 3.8) is 0 Å². The Morgan fingerprint density at radius 3 is 2.73 bits per heavy atom. The summed E-state index contributed by atoms with van der Waals surface area (Å²) >= 11 is 1.59. The number of nitrogens with one attached hydrogen (secondary N) is 1. The fourth-order valence-corrected chi connectivity index (χ4v) is 3.31. The topological polar surface area (TPSA) is 38.3 Å². The molecule has 0 aliphatic carbocycles. The van der Waals surface area contributed by atoms with Gasteiger partial charge >= 0.3 is 0 Å². The van der Waals surface area contributed by atoms with Gasteiger partial charge in [0.05, 0.1) is 0 Å². The molecular weight excluding hydrogens is 349 g/mol. The largest absolute Gasteiger partial charge is 0.480 e. The third-order valence-corrected chi connectivity index (χ3v) is 5.05. The molecule has 140 valence electrons. The van der Waals surface area contributed by atoms with Crippen molar-refractivity contribution in [3.8, 4) is 5.75 Å². The lowest BCUT2D eigenvalue weighted by molar-refractivity contribution is -0.128. The van der Waals surface area contributed by atoms with Crippen LogP contribution in [0.3, 0.4) is 0 Å². The molecule has 0 aliphatic rings. The molecule has 0 aliphatic heterocycles. The van der Waals surface area contributed by atoms with Crippen LogP contribution in [0.4, 0.5) is 4.39 Å². The molecule has 1 N–H and O–H groups in total. The number of hydrogen-bond acceptors (Lipinski definition) is 3. The molecule has 0 unspecified atom stereocenters. The Labute approximate surface area is 159 Å². The summed E-state index contributed by atoms with van der Waals surface area (Å²) in [6, 6.07) is 12.7. The van der Waals surface area contributed by atoms with Crippen molar-refractivity contribution < 1.29 is 13.9 Å². The standard InChI is InChI=1S/C21H26FNO2S/c1-4-19(25-20-13-15(2)9-10-16(20)3)21(24)23-11-12-26-14-17-7-5-6-8-18(17)22/h5-10,13,19H,4,11-12,14H2,1-3H3,(H,23,24)/t19-/m0/s1. The van der Waals surface area contributed by atoms with Gasteiger partial charge in [-0.25, -0.2) is 4.39 Å². The Morgan fingerprint density at radius 1 is 1.23 bits per heavy atom. The van der Waals surface area contributed by atoms with Crippen LogP contribution in [0.1, 0.15) is 30.0 Å². The van der Waals surface area contributed by atoms with E-state index in [-0.39, 0.29) is 11.7 Å². The van der Waals surface area contributed by atoms with E-state index in [0.717, 1.165) is 22.6 Å². The monoisotopic (exact) mass is 375 g/mol. The zero-order valence-corrected chi connectivity index (χ0v) is 16.4. The minimum absolute atomic E-state index is 0.111. The van der Waals surface area contributed by atoms with Crippen LogP contribution in [-0.4, -0.2) is 24.3 Å². The molecule has 2 aromatic carbocycles. The summed E-state index contributed by atoms with van der Waals surface area (Å²) in [4.78, 5) is 12.4. The molecule has 5 heteroatoms. The smallest absolute Gasteiger partial charge is 0.261 e. The second-order valence-electron chi connectivity index (χ2n) is 6.22. The lowest BCUT2D eigenvalue weighted by Gasteiger charge is -2.19. The Balaban J connectivity index is 1.76. The lowest BCUT2D eigenvalue weighted by Crippen LogP contribution is -2.39. The van der Waals surface area contributed by atoms with Crippen LogP contribution in [0.2, 0.25) is 0 Å². The number of rotatable bonds is 9. The molecule has 0 saturated heterocycles. The van der Waals surface area contributed by atoms with Gasteiger partial charge in [-0.2, -0.15) is 11.8 Å². The van der Waals surface area contributed by atoms with E-state index in [1.165, 1.54) is 6.07 Å². The highest BCUT2D eigenvalue weighted by Gasteiger charge is 2.18. The van der Waals surface area contributed by atoms with Crippen LogP contribution in [0.15, 0.2) is 42.5 Å². The number of thioether (sulfide) groups is 1. The zero-order chi connectivity index (χ0) is 18.9. The van der Waals surface area contributed by atoms with Gasteiger partial charge in [-0.3, -0.25) is 4.79 Å². The molecule has 3 nitrogen and oxygen atoms in total. The molecule has 2 rings (SSSR count). The molecular formula is C21H26FNO2S. The molecule has 26 heavy (non-hydrogen) atoms. The number of aryl methyl sites for hydroxylation is 2. The van der Waals surface area contributed by atoms with Crippen LogP contribution in [0, 0.1) is 19.7 Å². The first-order chi connectivity index (χ1) is 12.5. The summed E-state index contributed by atoms with van der Waals surface area (Å²) in [5.74, 6) is 1.77. The van der Waals surface area contributed by atoms with E-state index in [9.17, 15) is 9.18 Å². The SMILES string of the molecule is CC[C@H](Oc1cc(C)ccc1C)C(=O)NCCSCc1ccccc1F. The van der Waals surface area contributed by atoms with Crippen molar-refractivity contribution >= 4 is 17.7 Å². The van der Waals surface area contributed by atoms with Gasteiger partial charge in [0.15, 0.2) is 6.10 Å². The lowest BCUT2D eigenvalue weighted by atomic mass is 10.1. The minimum Gasteiger partial charge on any atom is -0.480 e. The Kier molecular flexibility index (Phi) is 7.98. The van der Waals surface area contributed by atoms with Gasteiger partial charge < -0.3 is 10.1 Å². The van der Waals surface area contributed by atoms with E-state index in [4.69, 9.17) is 4.74 Å². The predicted octanol–water partition coefficient (Wildman–Crippen LogP) is 4.65. The maximum Gasteiger partial charge on any atom is 0.261 e. The van der Waals surface area contributed by atoms with E-state index in [2.05, 4.69) is 5.32 Å². The number of carbonyl (C=O) groups excluding carboxylic acids is 1. The molecule has 0 spiro atoms. The van der Waals surface area contributed by atoms with E-state index in [0.29, 0.717) is 24.3 Å². The quantitative estimate of drug-likeness (QED) is 0.649. The molecule has 0 heterocycles. The second kappa shape index (κ2) is 10.2. The van der Waals surface area contributed by atoms with Crippen molar-refractivity contribution in [2.75, 3.05) is 12.3 Å². The number of benzene rings is 2. The van der Waals surface area contributed by atoms with E-state index < -0.39 is 6.10 Å². The summed E-state index contributed by atoms with van der Waals surface area (Å²) in [6.45, 7) is 6.44. The predicted molar refractivity (Wildman–Crippen MR) is 106 cm³/mol.